The van der Waals surface area contributed by atoms with Gasteiger partial charge >= 0.3 is 12.2 Å². The van der Waals surface area contributed by atoms with E-state index in [-0.39, 0.29) is 32.0 Å². The first kappa shape index (κ1) is 34.1. The van der Waals surface area contributed by atoms with Crippen LogP contribution in [0.25, 0.3) is 0 Å². The number of allylic oxidation sites excluding steroid dienone is 1. The van der Waals surface area contributed by atoms with E-state index in [9.17, 15) is 28.4 Å². The molecule has 5 rings (SSSR count). The van der Waals surface area contributed by atoms with Gasteiger partial charge in [0.05, 0.1) is 20.2 Å². The SMILES string of the molecule is CONC(=O)[C@@]12C[C@@H]1/C=C\CCCCC[C@H](NC(=O)OC(C)(C)C)C(=O)N1C[C@H](OC(=O)N3Cc4cccc(F)c4C3)C[C@H]1C(=O)N2. The maximum atomic E-state index is 14.3. The van der Waals surface area contributed by atoms with Crippen molar-refractivity contribution in [1.82, 2.24) is 25.9 Å². The lowest BCUT2D eigenvalue weighted by Gasteiger charge is -2.30. The Bertz CT molecular complexity index is 1430. The molecule has 13 nitrogen and oxygen atoms in total. The molecule has 0 aromatic heterocycles. The molecule has 1 aromatic rings. The number of carbonyl (C=O) groups excluding carboxylic acids is 5. The van der Waals surface area contributed by atoms with Crippen LogP contribution < -0.4 is 16.1 Å². The molecule has 0 spiro atoms. The fraction of sp³-hybridized carbons (Fsp3) is 0.606. The molecular weight excluding hydrogens is 613 g/mol. The number of nitrogens with zero attached hydrogens (tertiary/aromatic N) is 2. The second-order valence-electron chi connectivity index (χ2n) is 13.7. The summed E-state index contributed by atoms with van der Waals surface area (Å²) in [4.78, 5) is 74.8. The van der Waals surface area contributed by atoms with Crippen LogP contribution in [0.4, 0.5) is 14.0 Å². The molecule has 1 saturated carbocycles. The summed E-state index contributed by atoms with van der Waals surface area (Å²) in [6.45, 7) is 5.22. The number of halogens is 1. The molecule has 5 atom stereocenters. The van der Waals surface area contributed by atoms with Crippen LogP contribution in [-0.4, -0.2) is 82.7 Å². The lowest BCUT2D eigenvalue weighted by Crippen LogP contribution is -2.57. The molecule has 4 aliphatic rings. The van der Waals surface area contributed by atoms with Crippen LogP contribution in [0.3, 0.4) is 0 Å². The number of alkyl carbamates (subject to hydrolysis) is 1. The maximum Gasteiger partial charge on any atom is 0.410 e. The standard InChI is InChI=1S/C33H44FN5O8/c1-32(2,3)47-30(43)35-25-14-9-7-5-6-8-12-21-16-33(21,29(42)37-45-4)36-27(40)26-15-22(18-39(26)28(25)41)46-31(44)38-17-20-11-10-13-24(34)23(20)19-38/h8,10-13,21-22,25-26H,5-7,9,14-19H2,1-4H3,(H,35,43)(H,36,40)(H,37,42)/b12-8-/t21-,22+,25-,26-,33+/m0/s1. The van der Waals surface area contributed by atoms with Gasteiger partial charge in [0.2, 0.25) is 11.8 Å². The molecule has 2 fully saturated rings. The number of amides is 5. The van der Waals surface area contributed by atoms with Gasteiger partial charge in [-0.1, -0.05) is 37.1 Å². The highest BCUT2D eigenvalue weighted by molar-refractivity contribution is 5.98. The average molecular weight is 658 g/mol. The minimum Gasteiger partial charge on any atom is -0.444 e. The number of benzene rings is 1. The van der Waals surface area contributed by atoms with Crippen molar-refractivity contribution in [3.8, 4) is 0 Å². The van der Waals surface area contributed by atoms with Crippen LogP contribution in [-0.2, 0) is 41.8 Å². The average Bonchev–Trinajstić information content (AvgIpc) is 3.31. The molecule has 3 aliphatic heterocycles. The van der Waals surface area contributed by atoms with E-state index in [1.807, 2.05) is 12.2 Å². The Hall–Kier alpha value is -4.20. The van der Waals surface area contributed by atoms with Crippen molar-refractivity contribution in [2.75, 3.05) is 13.7 Å². The largest absolute Gasteiger partial charge is 0.444 e. The van der Waals surface area contributed by atoms with Crippen molar-refractivity contribution in [3.05, 3.63) is 47.3 Å². The minimum atomic E-state index is -1.27. The normalized spacial score (nSPS) is 28.4. The van der Waals surface area contributed by atoms with Crippen LogP contribution in [0, 0.1) is 11.7 Å². The van der Waals surface area contributed by atoms with Crippen LogP contribution >= 0.6 is 0 Å². The summed E-state index contributed by atoms with van der Waals surface area (Å²) < 4.78 is 25.6. The number of rotatable bonds is 4. The molecule has 14 heteroatoms. The summed E-state index contributed by atoms with van der Waals surface area (Å²) in [7, 11) is 1.30. The molecule has 1 saturated heterocycles. The zero-order valence-corrected chi connectivity index (χ0v) is 27.3. The Labute approximate surface area is 273 Å². The predicted octanol–water partition coefficient (Wildman–Crippen LogP) is 3.21. The molecule has 0 bridgehead atoms. The molecule has 1 aliphatic carbocycles. The van der Waals surface area contributed by atoms with E-state index in [1.54, 1.807) is 32.9 Å². The summed E-state index contributed by atoms with van der Waals surface area (Å²) in [5, 5.41) is 5.56. The Morgan fingerprint density at radius 2 is 1.89 bits per heavy atom. The van der Waals surface area contributed by atoms with Crippen LogP contribution in [0.15, 0.2) is 30.4 Å². The molecular formula is C33H44FN5O8. The Morgan fingerprint density at radius 1 is 1.11 bits per heavy atom. The van der Waals surface area contributed by atoms with Crippen molar-refractivity contribution in [2.24, 2.45) is 5.92 Å². The molecule has 47 heavy (non-hydrogen) atoms. The molecule has 0 radical (unpaired) electrons. The quantitative estimate of drug-likeness (QED) is 0.330. The van der Waals surface area contributed by atoms with E-state index in [1.165, 1.54) is 23.0 Å². The van der Waals surface area contributed by atoms with Crippen LogP contribution in [0.2, 0.25) is 0 Å². The van der Waals surface area contributed by atoms with Gasteiger partial charge in [0, 0.05) is 24.4 Å². The molecule has 1 aromatic carbocycles. The zero-order chi connectivity index (χ0) is 33.9. The van der Waals surface area contributed by atoms with Crippen molar-refractivity contribution in [1.29, 1.82) is 0 Å². The van der Waals surface area contributed by atoms with Crippen molar-refractivity contribution in [2.45, 2.75) is 108 Å². The zero-order valence-electron chi connectivity index (χ0n) is 27.3. The van der Waals surface area contributed by atoms with Crippen LogP contribution in [0.1, 0.15) is 76.8 Å². The summed E-state index contributed by atoms with van der Waals surface area (Å²) in [5.41, 5.74) is 1.35. The van der Waals surface area contributed by atoms with E-state index < -0.39 is 65.1 Å². The number of carbonyl (C=O) groups is 5. The van der Waals surface area contributed by atoms with Gasteiger partial charge in [-0.05, 0) is 58.1 Å². The number of hydroxylamine groups is 1. The lowest BCUT2D eigenvalue weighted by molar-refractivity contribution is -0.143. The Kier molecular flexibility index (Phi) is 10.1. The van der Waals surface area contributed by atoms with Crippen molar-refractivity contribution < 1.29 is 42.7 Å². The number of hydrogen-bond donors (Lipinski definition) is 3. The first-order chi connectivity index (χ1) is 22.3. The van der Waals surface area contributed by atoms with Gasteiger partial charge in [-0.2, -0.15) is 0 Å². The van der Waals surface area contributed by atoms with Gasteiger partial charge < -0.3 is 25.0 Å². The fourth-order valence-corrected chi connectivity index (χ4v) is 6.53. The third kappa shape index (κ3) is 7.86. The van der Waals surface area contributed by atoms with Gasteiger partial charge in [-0.15, -0.1) is 0 Å². The molecule has 3 heterocycles. The summed E-state index contributed by atoms with van der Waals surface area (Å²) >= 11 is 0. The fourth-order valence-electron chi connectivity index (χ4n) is 6.53. The van der Waals surface area contributed by atoms with Crippen molar-refractivity contribution in [3.63, 3.8) is 0 Å². The highest BCUT2D eigenvalue weighted by atomic mass is 19.1. The maximum absolute atomic E-state index is 14.3. The highest BCUT2D eigenvalue weighted by Gasteiger charge is 2.61. The second-order valence-corrected chi connectivity index (χ2v) is 13.7. The van der Waals surface area contributed by atoms with Gasteiger partial charge in [-0.25, -0.2) is 19.5 Å². The molecule has 256 valence electrons. The van der Waals surface area contributed by atoms with E-state index >= 15 is 0 Å². The molecule has 3 N–H and O–H groups in total. The van der Waals surface area contributed by atoms with Gasteiger partial charge in [0.25, 0.3) is 5.91 Å². The highest BCUT2D eigenvalue weighted by Crippen LogP contribution is 2.45. The smallest absolute Gasteiger partial charge is 0.410 e. The van der Waals surface area contributed by atoms with E-state index in [2.05, 4.69) is 16.1 Å². The third-order valence-electron chi connectivity index (χ3n) is 8.98. The predicted molar refractivity (Wildman–Crippen MR) is 166 cm³/mol. The summed E-state index contributed by atoms with van der Waals surface area (Å²) in [5.74, 6) is -2.32. The first-order valence-corrected chi connectivity index (χ1v) is 16.1. The van der Waals surface area contributed by atoms with Gasteiger partial charge in [-0.3, -0.25) is 24.1 Å². The summed E-state index contributed by atoms with van der Waals surface area (Å²) in [6.07, 6.45) is 5.15. The molecule has 5 amide bonds. The minimum absolute atomic E-state index is 0.0358. The molecule has 0 unspecified atom stereocenters. The van der Waals surface area contributed by atoms with Crippen LogP contribution in [0.5, 0.6) is 0 Å². The van der Waals surface area contributed by atoms with E-state index in [4.69, 9.17) is 14.3 Å². The number of fused-ring (bicyclic) bond motifs is 3. The van der Waals surface area contributed by atoms with Gasteiger partial charge in [0.15, 0.2) is 0 Å². The Balaban J connectivity index is 1.38. The van der Waals surface area contributed by atoms with Gasteiger partial charge in [0.1, 0.15) is 35.1 Å². The third-order valence-corrected chi connectivity index (χ3v) is 8.98. The number of ether oxygens (including phenoxy) is 2. The van der Waals surface area contributed by atoms with E-state index in [0.717, 1.165) is 19.3 Å². The first-order valence-electron chi connectivity index (χ1n) is 16.1. The number of nitrogens with one attached hydrogen (secondary N) is 3. The lowest BCUT2D eigenvalue weighted by atomic mass is 10.0. The number of hydrogen-bond acceptors (Lipinski definition) is 8. The summed E-state index contributed by atoms with van der Waals surface area (Å²) in [6, 6.07) is 2.54. The van der Waals surface area contributed by atoms with Crippen molar-refractivity contribution >= 4 is 29.9 Å². The van der Waals surface area contributed by atoms with E-state index in [0.29, 0.717) is 30.4 Å². The topological polar surface area (TPSA) is 156 Å². The second kappa shape index (κ2) is 13.9. The Morgan fingerprint density at radius 3 is 2.62 bits per heavy atom. The monoisotopic (exact) mass is 657 g/mol.